The number of anilines is 6. The van der Waals surface area contributed by atoms with Crippen LogP contribution in [0.2, 0.25) is 0 Å². The Morgan fingerprint density at radius 3 is 1.45 bits per heavy atom. The van der Waals surface area contributed by atoms with E-state index >= 15 is 0 Å². The molecule has 4 aliphatic carbocycles. The molecule has 13 rings (SSSR count). The standard InChI is InChI=1S/C63H69BN2/c1-36-30-52-55-56-53(36)63(14)40-20-16-15-18-38(40)39-19-17-21-49(54(39)63)66(56)51-35-46-44(60(8,9)27-29-62(46,12)13)33-48(51)64(55)47-32-43-45(61(10,11)28-26-59(43,6)7)34-50(47)65(52)37-22-23-41-42(31-37)58(4,5)25-24-57(41,2)3/h15-23,30-35H,24-29H2,1-14H3. The van der Waals surface area contributed by atoms with Crippen molar-refractivity contribution in [3.8, 4) is 11.1 Å². The summed E-state index contributed by atoms with van der Waals surface area (Å²) in [4.78, 5) is 5.56. The van der Waals surface area contributed by atoms with E-state index in [1.807, 2.05) is 0 Å². The van der Waals surface area contributed by atoms with Crippen LogP contribution in [0.4, 0.5) is 34.1 Å². The lowest BCUT2D eigenvalue weighted by atomic mass is 9.32. The van der Waals surface area contributed by atoms with Crippen LogP contribution >= 0.6 is 0 Å². The molecule has 0 amide bonds. The van der Waals surface area contributed by atoms with Gasteiger partial charge in [0.1, 0.15) is 0 Å². The van der Waals surface area contributed by atoms with Gasteiger partial charge in [0.15, 0.2) is 0 Å². The minimum atomic E-state index is -0.306. The van der Waals surface area contributed by atoms with Crippen molar-refractivity contribution in [2.75, 3.05) is 9.80 Å². The third kappa shape index (κ3) is 4.96. The molecule has 0 fully saturated rings. The summed E-state index contributed by atoms with van der Waals surface area (Å²) in [6, 6.07) is 37.7. The highest BCUT2D eigenvalue weighted by molar-refractivity contribution is 7.00. The van der Waals surface area contributed by atoms with Crippen LogP contribution in [0.15, 0.2) is 91.0 Å². The van der Waals surface area contributed by atoms with Gasteiger partial charge in [-0.05, 0) is 204 Å². The smallest absolute Gasteiger partial charge is 0.252 e. The fraction of sp³-hybridized carbons (Fsp3) is 0.429. The number of hydrogen-bond donors (Lipinski definition) is 0. The van der Waals surface area contributed by atoms with Crippen molar-refractivity contribution in [2.24, 2.45) is 0 Å². The maximum atomic E-state index is 2.80. The fourth-order valence-electron chi connectivity index (χ4n) is 15.2. The second kappa shape index (κ2) is 12.4. The number of aryl methyl sites for hydroxylation is 1. The lowest BCUT2D eigenvalue weighted by Gasteiger charge is -2.52. The molecule has 0 radical (unpaired) electrons. The van der Waals surface area contributed by atoms with E-state index in [-0.39, 0.29) is 44.6 Å². The Kier molecular flexibility index (Phi) is 7.71. The van der Waals surface area contributed by atoms with Gasteiger partial charge < -0.3 is 9.80 Å². The number of benzene rings is 6. The largest absolute Gasteiger partial charge is 0.311 e. The molecule has 2 nitrogen and oxygen atoms in total. The monoisotopic (exact) mass is 865 g/mol. The molecular weight excluding hydrogens is 796 g/mol. The Bertz CT molecular complexity index is 3210. The van der Waals surface area contributed by atoms with Crippen molar-refractivity contribution in [1.29, 1.82) is 0 Å². The van der Waals surface area contributed by atoms with E-state index in [4.69, 9.17) is 0 Å². The fourth-order valence-corrected chi connectivity index (χ4v) is 15.2. The van der Waals surface area contributed by atoms with Gasteiger partial charge in [-0.3, -0.25) is 0 Å². The Hall–Kier alpha value is -5.02. The second-order valence-electron chi connectivity index (χ2n) is 26.3. The van der Waals surface area contributed by atoms with Gasteiger partial charge in [-0.15, -0.1) is 0 Å². The van der Waals surface area contributed by atoms with Crippen LogP contribution in [0.5, 0.6) is 0 Å². The topological polar surface area (TPSA) is 6.48 Å². The minimum absolute atomic E-state index is 0.0703. The molecule has 6 aromatic carbocycles. The molecule has 3 heteroatoms. The molecule has 0 spiro atoms. The second-order valence-corrected chi connectivity index (χ2v) is 26.3. The average molecular weight is 865 g/mol. The molecule has 3 aliphatic heterocycles. The number of nitrogens with zero attached hydrogens (tertiary/aromatic N) is 2. The van der Waals surface area contributed by atoms with Gasteiger partial charge >= 0.3 is 0 Å². The SMILES string of the molecule is Cc1cc2c3c4c1C1(C)c5ccccc5-c5cccc(c51)N4c1cc4c(cc1B3c1cc3c(cc1N2c1ccc2c(c1)C(C)(C)CCC2(C)C)C(C)(C)CCC3(C)C)C(C)(C)CCC4(C)C. The molecule has 3 heterocycles. The molecule has 0 N–H and O–H groups in total. The van der Waals surface area contributed by atoms with Crippen molar-refractivity contribution in [1.82, 2.24) is 0 Å². The zero-order valence-corrected chi connectivity index (χ0v) is 42.4. The Morgan fingerprint density at radius 2 is 0.879 bits per heavy atom. The zero-order valence-electron chi connectivity index (χ0n) is 42.4. The summed E-state index contributed by atoms with van der Waals surface area (Å²) >= 11 is 0. The number of hydrogen-bond acceptors (Lipinski definition) is 2. The maximum absolute atomic E-state index is 2.80. The summed E-state index contributed by atoms with van der Waals surface area (Å²) in [7, 11) is 0. The highest BCUT2D eigenvalue weighted by Crippen LogP contribution is 2.65. The van der Waals surface area contributed by atoms with Crippen LogP contribution in [0.1, 0.15) is 184 Å². The van der Waals surface area contributed by atoms with Crippen LogP contribution in [-0.2, 0) is 37.9 Å². The van der Waals surface area contributed by atoms with Gasteiger partial charge in [0.2, 0.25) is 0 Å². The summed E-state index contributed by atoms with van der Waals surface area (Å²) in [6.45, 7) is 35.1. The number of rotatable bonds is 1. The van der Waals surface area contributed by atoms with Crippen LogP contribution in [0.3, 0.4) is 0 Å². The number of fused-ring (bicyclic) bond motifs is 13. The lowest BCUT2D eigenvalue weighted by molar-refractivity contribution is 0.332. The van der Waals surface area contributed by atoms with E-state index in [0.29, 0.717) is 0 Å². The van der Waals surface area contributed by atoms with Crippen LogP contribution in [0.25, 0.3) is 11.1 Å². The van der Waals surface area contributed by atoms with E-state index in [2.05, 4.69) is 198 Å². The summed E-state index contributed by atoms with van der Waals surface area (Å²) in [5.41, 5.74) is 30.5. The molecule has 334 valence electrons. The Morgan fingerprint density at radius 1 is 0.394 bits per heavy atom. The lowest BCUT2D eigenvalue weighted by Crippen LogP contribution is -2.63. The molecule has 0 saturated heterocycles. The quantitative estimate of drug-likeness (QED) is 0.152. The first-order chi connectivity index (χ1) is 31.0. The normalized spacial score (nSPS) is 23.6. The van der Waals surface area contributed by atoms with Crippen molar-refractivity contribution in [3.05, 3.63) is 147 Å². The van der Waals surface area contributed by atoms with Crippen molar-refractivity contribution >= 4 is 57.2 Å². The van der Waals surface area contributed by atoms with Gasteiger partial charge in [-0.2, -0.15) is 0 Å². The summed E-state index contributed by atoms with van der Waals surface area (Å²) in [6.07, 6.45) is 7.18. The predicted molar refractivity (Wildman–Crippen MR) is 282 cm³/mol. The van der Waals surface area contributed by atoms with Gasteiger partial charge in [0, 0.05) is 33.9 Å². The maximum Gasteiger partial charge on any atom is 0.252 e. The predicted octanol–water partition coefficient (Wildman–Crippen LogP) is 14.8. The molecular formula is C63H69BN2. The molecule has 1 atom stereocenters. The van der Waals surface area contributed by atoms with Gasteiger partial charge in [-0.1, -0.05) is 138 Å². The molecule has 0 aromatic heterocycles. The first-order valence-corrected chi connectivity index (χ1v) is 25.5. The van der Waals surface area contributed by atoms with Crippen molar-refractivity contribution < 1.29 is 0 Å². The van der Waals surface area contributed by atoms with Crippen LogP contribution < -0.4 is 26.2 Å². The van der Waals surface area contributed by atoms with E-state index < -0.39 is 0 Å². The van der Waals surface area contributed by atoms with E-state index in [0.717, 1.165) is 0 Å². The molecule has 0 saturated carbocycles. The van der Waals surface area contributed by atoms with Crippen LogP contribution in [-0.4, -0.2) is 6.71 Å². The Labute approximate surface area is 396 Å². The third-order valence-corrected chi connectivity index (χ3v) is 19.5. The third-order valence-electron chi connectivity index (χ3n) is 19.5. The van der Waals surface area contributed by atoms with Gasteiger partial charge in [0.25, 0.3) is 6.71 Å². The molecule has 66 heavy (non-hydrogen) atoms. The van der Waals surface area contributed by atoms with Crippen molar-refractivity contribution in [3.63, 3.8) is 0 Å². The minimum Gasteiger partial charge on any atom is -0.311 e. The van der Waals surface area contributed by atoms with E-state index in [9.17, 15) is 0 Å². The summed E-state index contributed by atoms with van der Waals surface area (Å²) < 4.78 is 0. The van der Waals surface area contributed by atoms with E-state index in [1.165, 1.54) is 145 Å². The van der Waals surface area contributed by atoms with Gasteiger partial charge in [-0.25, -0.2) is 0 Å². The average Bonchev–Trinajstić information content (AvgIpc) is 3.53. The molecule has 1 unspecified atom stereocenters. The van der Waals surface area contributed by atoms with Gasteiger partial charge in [0.05, 0.1) is 5.69 Å². The Balaban J connectivity index is 1.21. The molecule has 7 aliphatic rings. The van der Waals surface area contributed by atoms with Crippen LogP contribution in [0, 0.1) is 6.92 Å². The zero-order chi connectivity index (χ0) is 46.2. The van der Waals surface area contributed by atoms with Crippen molar-refractivity contribution in [2.45, 2.75) is 173 Å². The summed E-state index contributed by atoms with van der Waals surface area (Å²) in [5, 5.41) is 0. The summed E-state index contributed by atoms with van der Waals surface area (Å²) in [5.74, 6) is 0. The highest BCUT2D eigenvalue weighted by Gasteiger charge is 2.56. The highest BCUT2D eigenvalue weighted by atomic mass is 15.2. The first-order valence-electron chi connectivity index (χ1n) is 25.5. The molecule has 0 bridgehead atoms. The van der Waals surface area contributed by atoms with E-state index in [1.54, 1.807) is 11.1 Å². The first kappa shape index (κ1) is 41.2. The molecule has 6 aromatic rings.